The average Bonchev–Trinajstić information content (AvgIpc) is 2.89. The number of rotatable bonds is 4. The van der Waals surface area contributed by atoms with Gasteiger partial charge in [-0.2, -0.15) is 0 Å². The maximum atomic E-state index is 12.2. The average molecular weight is 330 g/mol. The molecular weight excluding hydrogens is 318 g/mol. The van der Waals surface area contributed by atoms with Crippen molar-refractivity contribution in [1.29, 1.82) is 0 Å². The molecule has 0 saturated carbocycles. The first-order valence-corrected chi connectivity index (χ1v) is 7.01. The number of carbonyl (C=O) groups is 1. The number of H-pyrrole nitrogens is 1. The first-order valence-electron chi connectivity index (χ1n) is 6.22. The van der Waals surface area contributed by atoms with Crippen LogP contribution in [0.25, 0.3) is 10.9 Å². The molecule has 20 heavy (non-hydrogen) atoms. The van der Waals surface area contributed by atoms with E-state index in [4.69, 9.17) is 4.74 Å². The summed E-state index contributed by atoms with van der Waals surface area (Å²) in [6, 6.07) is 15.2. The van der Waals surface area contributed by atoms with Crippen molar-refractivity contribution in [1.82, 2.24) is 4.98 Å². The van der Waals surface area contributed by atoms with Crippen LogP contribution in [-0.4, -0.2) is 17.4 Å². The van der Waals surface area contributed by atoms with Gasteiger partial charge in [-0.1, -0.05) is 40.2 Å². The van der Waals surface area contributed by atoms with Gasteiger partial charge in [0, 0.05) is 27.1 Å². The van der Waals surface area contributed by atoms with Crippen molar-refractivity contribution in [3.8, 4) is 5.75 Å². The van der Waals surface area contributed by atoms with E-state index in [2.05, 4.69) is 20.9 Å². The van der Waals surface area contributed by atoms with E-state index in [1.807, 2.05) is 48.5 Å². The highest BCUT2D eigenvalue weighted by molar-refractivity contribution is 9.10. The van der Waals surface area contributed by atoms with Gasteiger partial charge in [0.2, 0.25) is 5.78 Å². The van der Waals surface area contributed by atoms with E-state index in [1.54, 1.807) is 6.20 Å². The zero-order chi connectivity index (χ0) is 13.9. The fraction of sp³-hybridized carbons (Fsp3) is 0.0625. The van der Waals surface area contributed by atoms with Crippen molar-refractivity contribution in [2.75, 3.05) is 6.61 Å². The van der Waals surface area contributed by atoms with E-state index >= 15 is 0 Å². The number of hydrogen-bond donors (Lipinski definition) is 1. The topological polar surface area (TPSA) is 42.1 Å². The number of ketones is 1. The highest BCUT2D eigenvalue weighted by Gasteiger charge is 2.12. The second-order valence-electron chi connectivity index (χ2n) is 4.42. The molecule has 0 bridgehead atoms. The molecule has 1 aromatic heterocycles. The molecule has 0 radical (unpaired) electrons. The first-order chi connectivity index (χ1) is 9.74. The smallest absolute Gasteiger partial charge is 0.202 e. The third kappa shape index (κ3) is 2.60. The molecule has 0 unspecified atom stereocenters. The number of aromatic amines is 1. The number of ether oxygens (including phenoxy) is 1. The molecule has 4 heteroatoms. The molecule has 3 rings (SSSR count). The van der Waals surface area contributed by atoms with Crippen LogP contribution in [-0.2, 0) is 0 Å². The predicted octanol–water partition coefficient (Wildman–Crippen LogP) is 4.19. The Bertz CT molecular complexity index is 764. The van der Waals surface area contributed by atoms with Crippen LogP contribution in [0.2, 0.25) is 0 Å². The van der Waals surface area contributed by atoms with Crippen LogP contribution in [0.15, 0.2) is 59.2 Å². The molecule has 1 N–H and O–H groups in total. The second-order valence-corrected chi connectivity index (χ2v) is 5.33. The van der Waals surface area contributed by atoms with Crippen LogP contribution < -0.4 is 4.74 Å². The number of Topliss-reactive ketones (excluding diaryl/α,β-unsaturated/α-hetero) is 1. The van der Waals surface area contributed by atoms with E-state index in [9.17, 15) is 4.79 Å². The number of aromatic nitrogens is 1. The third-order valence-corrected chi connectivity index (χ3v) is 3.55. The Balaban J connectivity index is 1.76. The van der Waals surface area contributed by atoms with Crippen molar-refractivity contribution in [3.63, 3.8) is 0 Å². The number of nitrogens with one attached hydrogen (secondary N) is 1. The zero-order valence-corrected chi connectivity index (χ0v) is 12.2. The van der Waals surface area contributed by atoms with E-state index in [0.29, 0.717) is 11.3 Å². The molecular formula is C16H12BrNO2. The minimum absolute atomic E-state index is 0.0261. The summed E-state index contributed by atoms with van der Waals surface area (Å²) in [5.74, 6) is 0.634. The summed E-state index contributed by atoms with van der Waals surface area (Å²) < 4.78 is 6.45. The van der Waals surface area contributed by atoms with E-state index in [1.165, 1.54) is 0 Å². The van der Waals surface area contributed by atoms with Crippen molar-refractivity contribution in [2.45, 2.75) is 0 Å². The Morgan fingerprint density at radius 2 is 2.00 bits per heavy atom. The number of benzene rings is 2. The maximum absolute atomic E-state index is 12.2. The number of hydrogen-bond acceptors (Lipinski definition) is 2. The minimum atomic E-state index is -0.0394. The molecule has 100 valence electrons. The molecule has 0 amide bonds. The molecule has 2 aromatic carbocycles. The standard InChI is InChI=1S/C16H12BrNO2/c17-11-4-3-5-12(8-11)20-10-16(19)14-9-18-15-7-2-1-6-13(14)15/h1-9,18H,10H2. The van der Waals surface area contributed by atoms with Gasteiger partial charge >= 0.3 is 0 Å². The van der Waals surface area contributed by atoms with Crippen LogP contribution >= 0.6 is 15.9 Å². The van der Waals surface area contributed by atoms with Gasteiger partial charge < -0.3 is 9.72 Å². The fourth-order valence-electron chi connectivity index (χ4n) is 2.09. The largest absolute Gasteiger partial charge is 0.485 e. The highest BCUT2D eigenvalue weighted by atomic mass is 79.9. The summed E-state index contributed by atoms with van der Waals surface area (Å²) in [7, 11) is 0. The summed E-state index contributed by atoms with van der Waals surface area (Å²) in [5, 5.41) is 0.926. The van der Waals surface area contributed by atoms with Gasteiger partial charge in [-0.3, -0.25) is 4.79 Å². The number of halogens is 1. The van der Waals surface area contributed by atoms with Crippen LogP contribution in [0.4, 0.5) is 0 Å². The molecule has 0 fully saturated rings. The molecule has 0 atom stereocenters. The summed E-state index contributed by atoms with van der Waals surface area (Å²) in [4.78, 5) is 15.3. The highest BCUT2D eigenvalue weighted by Crippen LogP contribution is 2.20. The number of fused-ring (bicyclic) bond motifs is 1. The Kier molecular flexibility index (Phi) is 3.56. The van der Waals surface area contributed by atoms with Crippen LogP contribution in [0.1, 0.15) is 10.4 Å². The summed E-state index contributed by atoms with van der Waals surface area (Å²) in [6.45, 7) is 0.0261. The van der Waals surface area contributed by atoms with Crippen molar-refractivity contribution in [2.24, 2.45) is 0 Å². The monoisotopic (exact) mass is 329 g/mol. The lowest BCUT2D eigenvalue weighted by Gasteiger charge is -2.05. The van der Waals surface area contributed by atoms with Crippen LogP contribution in [0.3, 0.4) is 0 Å². The minimum Gasteiger partial charge on any atom is -0.485 e. The van der Waals surface area contributed by atoms with E-state index in [-0.39, 0.29) is 12.4 Å². The van der Waals surface area contributed by atoms with Gasteiger partial charge in [0.05, 0.1) is 0 Å². The molecule has 0 aliphatic heterocycles. The fourth-order valence-corrected chi connectivity index (χ4v) is 2.46. The Labute approximate surface area is 124 Å². The molecule has 0 aliphatic carbocycles. The Morgan fingerprint density at radius 1 is 1.15 bits per heavy atom. The van der Waals surface area contributed by atoms with E-state index in [0.717, 1.165) is 15.4 Å². The van der Waals surface area contributed by atoms with Gasteiger partial charge in [0.1, 0.15) is 5.75 Å². The molecule has 0 saturated heterocycles. The van der Waals surface area contributed by atoms with E-state index < -0.39 is 0 Å². The molecule has 3 aromatic rings. The Hall–Kier alpha value is -2.07. The molecule has 3 nitrogen and oxygen atoms in total. The van der Waals surface area contributed by atoms with Crippen LogP contribution in [0, 0.1) is 0 Å². The lowest BCUT2D eigenvalue weighted by atomic mass is 10.1. The number of para-hydroxylation sites is 1. The van der Waals surface area contributed by atoms with Crippen molar-refractivity contribution < 1.29 is 9.53 Å². The summed E-state index contributed by atoms with van der Waals surface area (Å²) in [6.07, 6.45) is 1.73. The normalized spacial score (nSPS) is 10.7. The summed E-state index contributed by atoms with van der Waals surface area (Å²) >= 11 is 3.37. The van der Waals surface area contributed by atoms with Gasteiger partial charge in [-0.05, 0) is 24.3 Å². The number of carbonyl (C=O) groups excluding carboxylic acids is 1. The molecule has 1 heterocycles. The van der Waals surface area contributed by atoms with Crippen molar-refractivity contribution >= 4 is 32.6 Å². The molecule has 0 aliphatic rings. The predicted molar refractivity (Wildman–Crippen MR) is 82.3 cm³/mol. The third-order valence-electron chi connectivity index (χ3n) is 3.06. The van der Waals surface area contributed by atoms with Crippen LogP contribution in [0.5, 0.6) is 5.75 Å². The summed E-state index contributed by atoms with van der Waals surface area (Å²) in [5.41, 5.74) is 1.62. The van der Waals surface area contributed by atoms with Crippen molar-refractivity contribution in [3.05, 3.63) is 64.8 Å². The Morgan fingerprint density at radius 3 is 2.85 bits per heavy atom. The van der Waals surface area contributed by atoms with Gasteiger partial charge in [-0.25, -0.2) is 0 Å². The zero-order valence-electron chi connectivity index (χ0n) is 10.6. The quantitative estimate of drug-likeness (QED) is 0.729. The van der Waals surface area contributed by atoms with Gasteiger partial charge in [-0.15, -0.1) is 0 Å². The SMILES string of the molecule is O=C(COc1cccc(Br)c1)c1c[nH]c2ccccc12. The lowest BCUT2D eigenvalue weighted by molar-refractivity contribution is 0.0923. The molecule has 0 spiro atoms. The maximum Gasteiger partial charge on any atom is 0.202 e. The first kappa shape index (κ1) is 12.9. The second kappa shape index (κ2) is 5.51. The lowest BCUT2D eigenvalue weighted by Crippen LogP contribution is -2.11. The van der Waals surface area contributed by atoms with Gasteiger partial charge in [0.25, 0.3) is 0 Å². The van der Waals surface area contributed by atoms with Gasteiger partial charge in [0.15, 0.2) is 6.61 Å².